The molecule has 2 aromatic carbocycles. The molecule has 2 aromatic rings. The van der Waals surface area contributed by atoms with Crippen LogP contribution in [0.1, 0.15) is 45.5 Å². The number of ether oxygens (including phenoxy) is 1. The van der Waals surface area contributed by atoms with Crippen molar-refractivity contribution in [3.05, 3.63) is 71.3 Å². The molecule has 0 N–H and O–H groups in total. The second-order valence-electron chi connectivity index (χ2n) is 7.31. The van der Waals surface area contributed by atoms with Gasteiger partial charge in [0.05, 0.1) is 18.2 Å². The van der Waals surface area contributed by atoms with Crippen molar-refractivity contribution in [1.29, 1.82) is 0 Å². The van der Waals surface area contributed by atoms with Crippen molar-refractivity contribution < 1.29 is 28.7 Å². The normalized spacial score (nSPS) is 14.7. The Labute approximate surface area is 180 Å². The minimum atomic E-state index is -1.18. The molecule has 0 saturated carbocycles. The highest BCUT2D eigenvalue weighted by molar-refractivity contribution is 6.23. The van der Waals surface area contributed by atoms with E-state index in [0.717, 1.165) is 10.5 Å². The van der Waals surface area contributed by atoms with Gasteiger partial charge in [-0.15, -0.1) is 0 Å². The predicted octanol–water partition coefficient (Wildman–Crippen LogP) is 2.62. The van der Waals surface area contributed by atoms with Gasteiger partial charge in [-0.1, -0.05) is 42.5 Å². The van der Waals surface area contributed by atoms with Crippen LogP contribution in [0.3, 0.4) is 0 Å². The Morgan fingerprint density at radius 3 is 2.10 bits per heavy atom. The molecule has 2 amide bonds. The third-order valence-corrected chi connectivity index (χ3v) is 5.38. The van der Waals surface area contributed by atoms with E-state index in [1.807, 2.05) is 6.07 Å². The zero-order valence-corrected chi connectivity index (χ0v) is 17.2. The predicted molar refractivity (Wildman–Crippen MR) is 111 cm³/mol. The van der Waals surface area contributed by atoms with E-state index in [-0.39, 0.29) is 30.4 Å². The van der Waals surface area contributed by atoms with Gasteiger partial charge in [0.25, 0.3) is 11.8 Å². The number of nitrogens with zero attached hydrogens (tertiary/aromatic N) is 1. The van der Waals surface area contributed by atoms with Gasteiger partial charge >= 0.3 is 5.97 Å². The molecule has 0 unspecified atom stereocenters. The maximum atomic E-state index is 13.5. The monoisotopic (exact) mass is 421 g/mol. The number of hydrogen-bond acceptors (Lipinski definition) is 6. The number of hydrogen-bond donors (Lipinski definition) is 0. The Morgan fingerprint density at radius 1 is 0.968 bits per heavy atom. The summed E-state index contributed by atoms with van der Waals surface area (Å²) >= 11 is 0. The summed E-state index contributed by atoms with van der Waals surface area (Å²) in [6.45, 7) is 0. The first-order chi connectivity index (χ1) is 15.0. The van der Waals surface area contributed by atoms with E-state index in [2.05, 4.69) is 0 Å². The third kappa shape index (κ3) is 4.60. The lowest BCUT2D eigenvalue weighted by molar-refractivity contribution is -0.151. The van der Waals surface area contributed by atoms with Crippen LogP contribution in [-0.2, 0) is 25.5 Å². The lowest BCUT2D eigenvalue weighted by atomic mass is 9.89. The fourth-order valence-corrected chi connectivity index (χ4v) is 3.80. The van der Waals surface area contributed by atoms with Crippen molar-refractivity contribution in [2.24, 2.45) is 5.92 Å². The van der Waals surface area contributed by atoms with Crippen molar-refractivity contribution in [3.63, 3.8) is 0 Å². The maximum absolute atomic E-state index is 13.5. The van der Waals surface area contributed by atoms with E-state index in [4.69, 9.17) is 4.74 Å². The van der Waals surface area contributed by atoms with E-state index in [0.29, 0.717) is 12.7 Å². The summed E-state index contributed by atoms with van der Waals surface area (Å²) < 4.78 is 4.81. The highest BCUT2D eigenvalue weighted by Crippen LogP contribution is 2.28. The Hall–Kier alpha value is -3.61. The van der Waals surface area contributed by atoms with Gasteiger partial charge in [0, 0.05) is 12.8 Å². The Balaban J connectivity index is 1.99. The summed E-state index contributed by atoms with van der Waals surface area (Å²) in [6.07, 6.45) is 1.39. The summed E-state index contributed by atoms with van der Waals surface area (Å²) in [6, 6.07) is 14.2. The summed E-state index contributed by atoms with van der Waals surface area (Å²) in [7, 11) is 1.18. The first-order valence-electron chi connectivity index (χ1n) is 10.1. The number of esters is 1. The molecule has 160 valence electrons. The zero-order valence-electron chi connectivity index (χ0n) is 17.2. The smallest absolute Gasteiger partial charge is 0.316 e. The topological polar surface area (TPSA) is 97.8 Å². The molecule has 7 heteroatoms. The maximum Gasteiger partial charge on any atom is 0.316 e. The molecule has 0 bridgehead atoms. The van der Waals surface area contributed by atoms with Crippen LogP contribution in [0.2, 0.25) is 0 Å². The van der Waals surface area contributed by atoms with Crippen LogP contribution in [0.25, 0.3) is 0 Å². The number of benzene rings is 2. The highest BCUT2D eigenvalue weighted by Gasteiger charge is 2.45. The van der Waals surface area contributed by atoms with E-state index in [9.17, 15) is 24.0 Å². The van der Waals surface area contributed by atoms with E-state index in [1.165, 1.54) is 7.11 Å². The molecule has 1 aliphatic heterocycles. The minimum Gasteiger partial charge on any atom is -0.468 e. The summed E-state index contributed by atoms with van der Waals surface area (Å²) in [5, 5.41) is 0. The first-order valence-corrected chi connectivity index (χ1v) is 10.1. The average Bonchev–Trinajstić information content (AvgIpc) is 3.05. The number of carbonyl (C=O) groups is 5. The number of rotatable bonds is 10. The fourth-order valence-electron chi connectivity index (χ4n) is 3.80. The van der Waals surface area contributed by atoms with Gasteiger partial charge in [-0.25, -0.2) is 0 Å². The van der Waals surface area contributed by atoms with Crippen LogP contribution in [0.15, 0.2) is 54.6 Å². The zero-order chi connectivity index (χ0) is 22.4. The number of fused-ring (bicyclic) bond motifs is 1. The van der Waals surface area contributed by atoms with Crippen LogP contribution >= 0.6 is 0 Å². The SMILES string of the molecule is COC(=O)[C@@H](CCCC=O)C(=O)[C@H](Cc1ccccc1)N1C(=O)c2ccccc2C1=O. The van der Waals surface area contributed by atoms with Crippen LogP contribution in [0, 0.1) is 5.92 Å². The largest absolute Gasteiger partial charge is 0.468 e. The summed E-state index contributed by atoms with van der Waals surface area (Å²) in [5.41, 5.74) is 1.21. The van der Waals surface area contributed by atoms with Crippen molar-refractivity contribution in [2.75, 3.05) is 7.11 Å². The molecule has 0 radical (unpaired) electrons. The number of amides is 2. The molecule has 0 aromatic heterocycles. The highest BCUT2D eigenvalue weighted by atomic mass is 16.5. The number of aldehydes is 1. The third-order valence-electron chi connectivity index (χ3n) is 5.38. The van der Waals surface area contributed by atoms with Gasteiger partial charge in [-0.3, -0.25) is 24.1 Å². The fraction of sp³-hybridized carbons (Fsp3) is 0.292. The molecule has 0 spiro atoms. The van der Waals surface area contributed by atoms with Crippen LogP contribution in [0.5, 0.6) is 0 Å². The molecule has 2 atom stereocenters. The van der Waals surface area contributed by atoms with Gasteiger partial charge in [0.1, 0.15) is 18.2 Å². The molecule has 7 nitrogen and oxygen atoms in total. The number of unbranched alkanes of at least 4 members (excludes halogenated alkanes) is 1. The van der Waals surface area contributed by atoms with Gasteiger partial charge in [-0.05, 0) is 30.5 Å². The van der Waals surface area contributed by atoms with Gasteiger partial charge in [0.15, 0.2) is 5.78 Å². The van der Waals surface area contributed by atoms with Gasteiger partial charge < -0.3 is 9.53 Å². The summed E-state index contributed by atoms with van der Waals surface area (Å²) in [4.78, 5) is 63.7. The minimum absolute atomic E-state index is 0.0757. The van der Waals surface area contributed by atoms with Crippen molar-refractivity contribution in [1.82, 2.24) is 4.90 Å². The van der Waals surface area contributed by atoms with E-state index < -0.39 is 35.5 Å². The van der Waals surface area contributed by atoms with Crippen LogP contribution < -0.4 is 0 Å². The van der Waals surface area contributed by atoms with Gasteiger partial charge in [0.2, 0.25) is 0 Å². The molecule has 0 fully saturated rings. The summed E-state index contributed by atoms with van der Waals surface area (Å²) in [5.74, 6) is -3.62. The number of carbonyl (C=O) groups excluding carboxylic acids is 5. The van der Waals surface area contributed by atoms with E-state index in [1.54, 1.807) is 48.5 Å². The quantitative estimate of drug-likeness (QED) is 0.192. The Morgan fingerprint density at radius 2 is 1.55 bits per heavy atom. The molecule has 0 saturated heterocycles. The standard InChI is InChI=1S/C24H23NO6/c1-31-24(30)19(13-7-8-14-26)21(27)20(15-16-9-3-2-4-10-16)25-22(28)17-11-5-6-12-18(17)23(25)29/h2-6,9-12,14,19-20H,7-8,13,15H2,1H3/t19-,20-/m0/s1. The average molecular weight is 421 g/mol. The molecule has 1 heterocycles. The lowest BCUT2D eigenvalue weighted by Crippen LogP contribution is -2.49. The second-order valence-corrected chi connectivity index (χ2v) is 7.31. The van der Waals surface area contributed by atoms with Crippen molar-refractivity contribution in [3.8, 4) is 0 Å². The van der Waals surface area contributed by atoms with E-state index >= 15 is 0 Å². The number of ketones is 1. The Bertz CT molecular complexity index is 965. The Kier molecular flexibility index (Phi) is 7.07. The van der Waals surface area contributed by atoms with Crippen LogP contribution in [-0.4, -0.2) is 47.9 Å². The number of methoxy groups -OCH3 is 1. The number of Topliss-reactive ketones (excluding diaryl/α,β-unsaturated/α-hetero) is 1. The molecule has 31 heavy (non-hydrogen) atoms. The number of imide groups is 1. The van der Waals surface area contributed by atoms with Crippen molar-refractivity contribution in [2.45, 2.75) is 31.7 Å². The second kappa shape index (κ2) is 9.93. The molecule has 1 aliphatic rings. The molecular formula is C24H23NO6. The van der Waals surface area contributed by atoms with Crippen LogP contribution in [0.4, 0.5) is 0 Å². The molecule has 0 aliphatic carbocycles. The molecule has 3 rings (SSSR count). The first kappa shape index (κ1) is 22.1. The van der Waals surface area contributed by atoms with Crippen molar-refractivity contribution >= 4 is 29.9 Å². The lowest BCUT2D eigenvalue weighted by Gasteiger charge is -2.28. The molecular weight excluding hydrogens is 398 g/mol. The van der Waals surface area contributed by atoms with Gasteiger partial charge in [-0.2, -0.15) is 0 Å².